The van der Waals surface area contributed by atoms with Crippen LogP contribution in [0, 0.1) is 0 Å². The van der Waals surface area contributed by atoms with Gasteiger partial charge in [-0.05, 0) is 71.8 Å². The first-order valence-corrected chi connectivity index (χ1v) is 15.1. The topological polar surface area (TPSA) is 116 Å². The summed E-state index contributed by atoms with van der Waals surface area (Å²) >= 11 is 36.0. The molecule has 0 fully saturated rings. The molecule has 4 aromatic carbocycles. The number of nitrogens with one attached hydrogen (secondary N) is 4. The highest BCUT2D eigenvalue weighted by Gasteiger charge is 2.08. The number of benzene rings is 4. The quantitative estimate of drug-likeness (QED) is 0.137. The van der Waals surface area contributed by atoms with Crippen LogP contribution in [0.25, 0.3) is 21.5 Å². The molecule has 0 atom stereocenters. The number of aromatic nitrogens is 4. The number of aromatic amines is 2. The maximum Gasteiger partial charge on any atom is 0.272 e. The van der Waals surface area contributed by atoms with Gasteiger partial charge in [0, 0.05) is 55.3 Å². The Bertz CT molecular complexity index is 2120. The second kappa shape index (κ2) is 14.1. The summed E-state index contributed by atoms with van der Waals surface area (Å²) in [5.41, 5.74) is 2.87. The summed E-state index contributed by atoms with van der Waals surface area (Å²) in [6, 6.07) is 21.3. The van der Waals surface area contributed by atoms with E-state index >= 15 is 0 Å². The third-order valence-corrected chi connectivity index (χ3v) is 8.23. The number of H-pyrrole nitrogens is 2. The van der Waals surface area contributed by atoms with Gasteiger partial charge in [0.15, 0.2) is 10.3 Å². The zero-order valence-electron chi connectivity index (χ0n) is 22.3. The number of hydrogen-bond acceptors (Lipinski definition) is 6. The van der Waals surface area contributed by atoms with Crippen molar-refractivity contribution in [3.05, 3.63) is 135 Å². The first-order chi connectivity index (χ1) is 21.1. The molecule has 2 aromatic heterocycles. The SMILES string of the molecule is O=c1[nH]nc(Cl)c2cc(NCc3ccc(Cl)cc3Cl)ccc12.O=c1[nH]nc(Cl)c2ccc(NCc3ccc(Cl)cc3Cl)cc12. The van der Waals surface area contributed by atoms with E-state index in [2.05, 4.69) is 31.0 Å². The molecule has 8 nitrogen and oxygen atoms in total. The van der Waals surface area contributed by atoms with E-state index < -0.39 is 0 Å². The predicted octanol–water partition coefficient (Wildman–Crippen LogP) is 8.99. The fraction of sp³-hybridized carbons (Fsp3) is 0.0667. The van der Waals surface area contributed by atoms with Gasteiger partial charge in [-0.25, -0.2) is 10.2 Å². The van der Waals surface area contributed by atoms with E-state index in [-0.39, 0.29) is 21.4 Å². The molecule has 0 bridgehead atoms. The van der Waals surface area contributed by atoms with Gasteiger partial charge in [0.25, 0.3) is 11.1 Å². The highest BCUT2D eigenvalue weighted by Crippen LogP contribution is 2.26. The van der Waals surface area contributed by atoms with Crippen LogP contribution in [-0.2, 0) is 13.1 Å². The summed E-state index contributed by atoms with van der Waals surface area (Å²) in [6.45, 7) is 1.04. The van der Waals surface area contributed by atoms with Gasteiger partial charge in [0.2, 0.25) is 0 Å². The van der Waals surface area contributed by atoms with E-state index in [0.29, 0.717) is 54.7 Å². The van der Waals surface area contributed by atoms with E-state index in [1.165, 1.54) is 0 Å². The Morgan fingerprint density at radius 2 is 0.977 bits per heavy atom. The Morgan fingerprint density at radius 3 is 1.50 bits per heavy atom. The number of anilines is 2. The van der Waals surface area contributed by atoms with Gasteiger partial charge in [-0.1, -0.05) is 81.7 Å². The Balaban J connectivity index is 0.000000175. The zero-order chi connectivity index (χ0) is 31.4. The highest BCUT2D eigenvalue weighted by atomic mass is 35.5. The van der Waals surface area contributed by atoms with Crippen LogP contribution >= 0.6 is 69.6 Å². The van der Waals surface area contributed by atoms with Gasteiger partial charge in [-0.3, -0.25) is 9.59 Å². The molecule has 224 valence electrons. The molecule has 0 amide bonds. The average molecular weight is 709 g/mol. The Kier molecular flexibility index (Phi) is 10.2. The zero-order valence-corrected chi connectivity index (χ0v) is 26.9. The lowest BCUT2D eigenvalue weighted by Gasteiger charge is -2.09. The van der Waals surface area contributed by atoms with Crippen molar-refractivity contribution >= 4 is 103 Å². The molecule has 6 rings (SSSR count). The Labute approximate surface area is 280 Å². The molecule has 0 spiro atoms. The van der Waals surface area contributed by atoms with Crippen LogP contribution in [0.5, 0.6) is 0 Å². The molecule has 0 aliphatic carbocycles. The smallest absolute Gasteiger partial charge is 0.272 e. The number of halogens is 6. The third kappa shape index (κ3) is 7.58. The van der Waals surface area contributed by atoms with Crippen molar-refractivity contribution in [2.24, 2.45) is 0 Å². The van der Waals surface area contributed by atoms with Crippen LogP contribution in [0.1, 0.15) is 11.1 Å². The molecular weight excluding hydrogens is 689 g/mol. The molecule has 14 heteroatoms. The number of nitrogens with zero attached hydrogens (tertiary/aromatic N) is 2. The summed E-state index contributed by atoms with van der Waals surface area (Å²) in [7, 11) is 0. The Hall–Kier alpha value is -3.50. The summed E-state index contributed by atoms with van der Waals surface area (Å²) in [4.78, 5) is 23.5. The van der Waals surface area contributed by atoms with Crippen LogP contribution in [0.3, 0.4) is 0 Å². The lowest BCUT2D eigenvalue weighted by Crippen LogP contribution is -2.09. The molecule has 0 aliphatic heterocycles. The summed E-state index contributed by atoms with van der Waals surface area (Å²) in [5.74, 6) is 0. The molecule has 0 aliphatic rings. The highest BCUT2D eigenvalue weighted by molar-refractivity contribution is 6.36. The van der Waals surface area contributed by atoms with Crippen LogP contribution < -0.4 is 21.8 Å². The van der Waals surface area contributed by atoms with Gasteiger partial charge in [-0.2, -0.15) is 10.2 Å². The molecule has 0 saturated heterocycles. The van der Waals surface area contributed by atoms with Crippen molar-refractivity contribution in [3.8, 4) is 0 Å². The van der Waals surface area contributed by atoms with E-state index in [1.54, 1.807) is 54.6 Å². The van der Waals surface area contributed by atoms with Gasteiger partial charge in [0.05, 0.1) is 10.8 Å². The first-order valence-electron chi connectivity index (χ1n) is 12.8. The van der Waals surface area contributed by atoms with Crippen molar-refractivity contribution in [2.45, 2.75) is 13.1 Å². The third-order valence-electron chi connectivity index (χ3n) is 6.48. The average Bonchev–Trinajstić information content (AvgIpc) is 3.00. The standard InChI is InChI=1S/2C15H10Cl3N3O/c16-9-2-1-8(13(17)5-9)7-19-10-3-4-11-12(6-10)14(18)20-21-15(11)22;16-9-2-1-8(13(17)5-9)7-19-10-3-4-11-12(6-10)15(22)21-20-14(11)18/h2*1-6,19H,7H2,(H,21,22). The maximum absolute atomic E-state index is 11.8. The molecule has 4 N–H and O–H groups in total. The van der Waals surface area contributed by atoms with Crippen LogP contribution in [0.2, 0.25) is 30.4 Å². The van der Waals surface area contributed by atoms with Gasteiger partial charge < -0.3 is 10.6 Å². The van der Waals surface area contributed by atoms with E-state index in [9.17, 15) is 9.59 Å². The Morgan fingerprint density at radius 1 is 0.523 bits per heavy atom. The van der Waals surface area contributed by atoms with Gasteiger partial charge >= 0.3 is 0 Å². The molecule has 44 heavy (non-hydrogen) atoms. The molecular formula is C30H20Cl6N6O2. The van der Waals surface area contributed by atoms with Crippen LogP contribution in [0.4, 0.5) is 11.4 Å². The minimum absolute atomic E-state index is 0.253. The van der Waals surface area contributed by atoms with Crippen molar-refractivity contribution in [2.75, 3.05) is 10.6 Å². The fourth-order valence-electron chi connectivity index (χ4n) is 4.21. The monoisotopic (exact) mass is 706 g/mol. The van der Waals surface area contributed by atoms with E-state index in [1.807, 2.05) is 18.2 Å². The molecule has 2 heterocycles. The predicted molar refractivity (Wildman–Crippen MR) is 182 cm³/mol. The van der Waals surface area contributed by atoms with Crippen molar-refractivity contribution in [1.82, 2.24) is 20.4 Å². The molecule has 0 unspecified atom stereocenters. The summed E-state index contributed by atoms with van der Waals surface area (Å²) < 4.78 is 0. The second-order valence-corrected chi connectivity index (χ2v) is 11.8. The van der Waals surface area contributed by atoms with E-state index in [0.717, 1.165) is 22.5 Å². The van der Waals surface area contributed by atoms with E-state index in [4.69, 9.17) is 69.6 Å². The first kappa shape index (κ1) is 31.9. The second-order valence-electron chi connectivity index (χ2n) is 9.39. The van der Waals surface area contributed by atoms with Crippen molar-refractivity contribution in [3.63, 3.8) is 0 Å². The molecule has 0 radical (unpaired) electrons. The summed E-state index contributed by atoms with van der Waals surface area (Å²) in [6.07, 6.45) is 0. The fourth-order valence-corrected chi connectivity index (χ4v) is 5.57. The minimum atomic E-state index is -0.285. The van der Waals surface area contributed by atoms with Crippen LogP contribution in [-0.4, -0.2) is 20.4 Å². The normalized spacial score (nSPS) is 10.9. The molecule has 0 saturated carbocycles. The van der Waals surface area contributed by atoms with Gasteiger partial charge in [0.1, 0.15) is 0 Å². The number of rotatable bonds is 6. The lowest BCUT2D eigenvalue weighted by molar-refractivity contribution is 1.01. The van der Waals surface area contributed by atoms with Crippen molar-refractivity contribution < 1.29 is 0 Å². The van der Waals surface area contributed by atoms with Crippen molar-refractivity contribution in [1.29, 1.82) is 0 Å². The minimum Gasteiger partial charge on any atom is -0.381 e. The molecule has 6 aromatic rings. The van der Waals surface area contributed by atoms with Crippen LogP contribution in [0.15, 0.2) is 82.4 Å². The largest absolute Gasteiger partial charge is 0.381 e. The van der Waals surface area contributed by atoms with Gasteiger partial charge in [-0.15, -0.1) is 0 Å². The summed E-state index contributed by atoms with van der Waals surface area (Å²) in [5, 5.41) is 23.7. The number of hydrogen-bond donors (Lipinski definition) is 4. The number of fused-ring (bicyclic) bond motifs is 2. The maximum atomic E-state index is 11.8. The lowest BCUT2D eigenvalue weighted by atomic mass is 10.1.